The van der Waals surface area contributed by atoms with E-state index in [-0.39, 0.29) is 36.1 Å². The van der Waals surface area contributed by atoms with E-state index in [0.717, 1.165) is 4.47 Å². The molecule has 4 rings (SSSR count). The zero-order valence-corrected chi connectivity index (χ0v) is 23.3. The second kappa shape index (κ2) is 11.0. The smallest absolute Gasteiger partial charge is 0.417 e. The summed E-state index contributed by atoms with van der Waals surface area (Å²) in [5.74, 6) is 0.0243. The Balaban J connectivity index is 1.44. The van der Waals surface area contributed by atoms with Crippen molar-refractivity contribution >= 4 is 38.8 Å². The summed E-state index contributed by atoms with van der Waals surface area (Å²) in [6, 6.07) is 10.0. The summed E-state index contributed by atoms with van der Waals surface area (Å²) >= 11 is 3.38. The first-order chi connectivity index (χ1) is 18.4. The van der Waals surface area contributed by atoms with E-state index < -0.39 is 22.9 Å². The number of alkyl halides is 3. The molecular formula is C28H28BrF3N2O5. The first-order valence-electron chi connectivity index (χ1n) is 12.5. The number of ether oxygens (including phenoxy) is 1. The Labute approximate surface area is 231 Å². The Morgan fingerprint density at radius 1 is 1.05 bits per heavy atom. The molecule has 0 saturated carbocycles. The highest BCUT2D eigenvalue weighted by atomic mass is 79.9. The molecule has 2 aromatic carbocycles. The summed E-state index contributed by atoms with van der Waals surface area (Å²) in [6.45, 7) is 3.97. The van der Waals surface area contributed by atoms with Crippen molar-refractivity contribution in [3.8, 4) is 5.75 Å². The van der Waals surface area contributed by atoms with Crippen LogP contribution in [0, 0.1) is 0 Å². The van der Waals surface area contributed by atoms with Crippen LogP contribution in [0.3, 0.4) is 0 Å². The molecule has 0 bridgehead atoms. The van der Waals surface area contributed by atoms with Crippen LogP contribution in [-0.2, 0) is 22.9 Å². The third kappa shape index (κ3) is 5.41. The molecule has 1 aliphatic heterocycles. The van der Waals surface area contributed by atoms with Gasteiger partial charge < -0.3 is 14.1 Å². The number of fused-ring (bicyclic) bond motifs is 1. The van der Waals surface area contributed by atoms with Crippen LogP contribution in [0.25, 0.3) is 11.0 Å². The van der Waals surface area contributed by atoms with Gasteiger partial charge in [-0.3, -0.25) is 9.69 Å². The number of nitrogens with zero attached hydrogens (tertiary/aromatic N) is 2. The lowest BCUT2D eigenvalue weighted by molar-refractivity contribution is -0.136. The number of amides is 3. The lowest BCUT2D eigenvalue weighted by Gasteiger charge is -2.28. The number of likely N-dealkylation sites (N-methyl/N-ethyl adjacent to an activating group) is 1. The fourth-order valence-electron chi connectivity index (χ4n) is 4.83. The van der Waals surface area contributed by atoms with Gasteiger partial charge in [-0.25, -0.2) is 9.59 Å². The minimum Gasteiger partial charge on any atom is -0.493 e. The van der Waals surface area contributed by atoms with E-state index in [1.807, 2.05) is 19.1 Å². The van der Waals surface area contributed by atoms with Gasteiger partial charge in [0.2, 0.25) is 0 Å². The van der Waals surface area contributed by atoms with Crippen LogP contribution in [-0.4, -0.2) is 41.9 Å². The maximum Gasteiger partial charge on any atom is 0.417 e. The first kappa shape index (κ1) is 28.7. The lowest BCUT2D eigenvalue weighted by atomic mass is 9.91. The van der Waals surface area contributed by atoms with Crippen molar-refractivity contribution in [2.75, 3.05) is 20.2 Å². The van der Waals surface area contributed by atoms with Crippen LogP contribution in [0.4, 0.5) is 18.0 Å². The van der Waals surface area contributed by atoms with E-state index in [1.165, 1.54) is 21.9 Å². The summed E-state index contributed by atoms with van der Waals surface area (Å²) in [5.41, 5.74) is -2.26. The zero-order valence-electron chi connectivity index (χ0n) is 21.7. The average molecular weight is 609 g/mol. The van der Waals surface area contributed by atoms with Crippen molar-refractivity contribution in [2.45, 2.75) is 51.2 Å². The zero-order chi connectivity index (χ0) is 28.5. The van der Waals surface area contributed by atoms with Gasteiger partial charge in [-0.2, -0.15) is 13.2 Å². The number of urea groups is 1. The summed E-state index contributed by atoms with van der Waals surface area (Å²) in [4.78, 5) is 40.8. The number of hydrogen-bond acceptors (Lipinski definition) is 5. The van der Waals surface area contributed by atoms with Gasteiger partial charge in [-0.05, 0) is 56.0 Å². The number of aryl methyl sites for hydroxylation is 1. The van der Waals surface area contributed by atoms with E-state index in [0.29, 0.717) is 48.6 Å². The Kier molecular flexibility index (Phi) is 8.11. The second-order valence-corrected chi connectivity index (χ2v) is 10.5. The molecule has 7 nitrogen and oxygen atoms in total. The van der Waals surface area contributed by atoms with Crippen molar-refractivity contribution in [1.82, 2.24) is 9.80 Å². The topological polar surface area (TPSA) is 80.1 Å². The molecule has 1 aromatic heterocycles. The van der Waals surface area contributed by atoms with Crippen molar-refractivity contribution < 1.29 is 31.9 Å². The largest absolute Gasteiger partial charge is 0.493 e. The van der Waals surface area contributed by atoms with Crippen LogP contribution in [0.5, 0.6) is 5.75 Å². The molecule has 1 saturated heterocycles. The van der Waals surface area contributed by atoms with Gasteiger partial charge >= 0.3 is 17.8 Å². The Bertz CT molecular complexity index is 1450. The number of unbranched alkanes of at least 4 members (excludes halogenated alkanes) is 1. The molecule has 1 unspecified atom stereocenters. The molecule has 0 aliphatic carbocycles. The van der Waals surface area contributed by atoms with Gasteiger partial charge in [0.1, 0.15) is 16.9 Å². The fraction of sp³-hybridized carbons (Fsp3) is 0.393. The molecule has 11 heteroatoms. The molecule has 0 radical (unpaired) electrons. The van der Waals surface area contributed by atoms with Crippen LogP contribution in [0.2, 0.25) is 0 Å². The Morgan fingerprint density at radius 3 is 2.38 bits per heavy atom. The third-order valence-electron chi connectivity index (χ3n) is 7.07. The molecule has 0 spiro atoms. The van der Waals surface area contributed by atoms with Crippen molar-refractivity contribution in [2.24, 2.45) is 0 Å². The van der Waals surface area contributed by atoms with Crippen LogP contribution in [0.1, 0.15) is 49.8 Å². The number of hydrogen-bond donors (Lipinski definition) is 0. The van der Waals surface area contributed by atoms with Crippen LogP contribution in [0.15, 0.2) is 56.1 Å². The monoisotopic (exact) mass is 608 g/mol. The van der Waals surface area contributed by atoms with Crippen LogP contribution >= 0.6 is 15.9 Å². The Morgan fingerprint density at radius 2 is 1.74 bits per heavy atom. The number of carbonyl (C=O) groups is 2. The number of carbonyl (C=O) groups excluding carboxylic acids is 2. The normalized spacial score (nSPS) is 17.9. The highest BCUT2D eigenvalue weighted by molar-refractivity contribution is 9.10. The first-order valence-corrected chi connectivity index (χ1v) is 13.3. The number of halogens is 4. The maximum absolute atomic E-state index is 13.5. The van der Waals surface area contributed by atoms with E-state index in [9.17, 15) is 27.6 Å². The summed E-state index contributed by atoms with van der Waals surface area (Å²) in [5, 5.41) is -0.193. The maximum atomic E-state index is 13.5. The molecule has 1 aliphatic rings. The molecule has 3 aromatic rings. The summed E-state index contributed by atoms with van der Waals surface area (Å²) < 4.78 is 52.4. The molecule has 39 heavy (non-hydrogen) atoms. The average Bonchev–Trinajstić information content (AvgIpc) is 3.05. The molecule has 3 amide bonds. The third-order valence-corrected chi connectivity index (χ3v) is 7.60. The molecule has 0 N–H and O–H groups in total. The van der Waals surface area contributed by atoms with Gasteiger partial charge in [0.25, 0.3) is 5.91 Å². The van der Waals surface area contributed by atoms with Gasteiger partial charge in [-0.1, -0.05) is 41.4 Å². The van der Waals surface area contributed by atoms with E-state index in [2.05, 4.69) is 15.9 Å². The minimum absolute atomic E-state index is 0.127. The summed E-state index contributed by atoms with van der Waals surface area (Å²) in [6.07, 6.45) is -2.81. The predicted octanol–water partition coefficient (Wildman–Crippen LogP) is 6.50. The molecule has 208 valence electrons. The number of rotatable bonds is 9. The van der Waals surface area contributed by atoms with Gasteiger partial charge in [0.15, 0.2) is 0 Å². The fourth-order valence-corrected chi connectivity index (χ4v) is 5.09. The summed E-state index contributed by atoms with van der Waals surface area (Å²) in [7, 11) is 1.60. The van der Waals surface area contributed by atoms with Crippen molar-refractivity contribution in [1.29, 1.82) is 0 Å². The molecule has 1 atom stereocenters. The molecule has 2 heterocycles. The van der Waals surface area contributed by atoms with E-state index in [1.54, 1.807) is 26.1 Å². The minimum atomic E-state index is -4.70. The van der Waals surface area contributed by atoms with E-state index >= 15 is 0 Å². The Hall–Kier alpha value is -3.34. The highest BCUT2D eigenvalue weighted by Gasteiger charge is 2.53. The SMILES string of the molecule is CCCc1c(OCCCCN2C(=O)N(C)C(C)(c3ccc(Br)cc3)C2=O)ccc2c(C(F)(F)F)cc(=O)oc12. The highest BCUT2D eigenvalue weighted by Crippen LogP contribution is 2.38. The van der Waals surface area contributed by atoms with Crippen LogP contribution < -0.4 is 10.4 Å². The number of imide groups is 1. The van der Waals surface area contributed by atoms with Crippen molar-refractivity contribution in [3.05, 3.63) is 74.0 Å². The van der Waals surface area contributed by atoms with Gasteiger partial charge in [0, 0.05) is 35.1 Å². The molecule has 1 fully saturated rings. The second-order valence-electron chi connectivity index (χ2n) is 9.58. The lowest BCUT2D eigenvalue weighted by Crippen LogP contribution is -2.42. The van der Waals surface area contributed by atoms with Gasteiger partial charge in [0.05, 0.1) is 12.2 Å². The predicted molar refractivity (Wildman–Crippen MR) is 143 cm³/mol. The molecular weight excluding hydrogens is 581 g/mol. The number of benzene rings is 2. The quantitative estimate of drug-likeness (QED) is 0.157. The standard InChI is InChI=1S/C28H28BrF3N2O5/c1-4-7-20-22(13-12-19-21(28(30,31)32)16-23(35)39-24(19)20)38-15-6-5-14-34-25(36)27(2,33(3)26(34)37)17-8-10-18(29)11-9-17/h8-13,16H,4-7,14-15H2,1-3H3. The van der Waals surface area contributed by atoms with E-state index in [4.69, 9.17) is 9.15 Å². The van der Waals surface area contributed by atoms with Gasteiger partial charge in [-0.15, -0.1) is 0 Å². The van der Waals surface area contributed by atoms with Crippen molar-refractivity contribution in [3.63, 3.8) is 0 Å².